The van der Waals surface area contributed by atoms with Gasteiger partial charge >= 0.3 is 6.03 Å². The molecule has 0 aliphatic carbocycles. The van der Waals surface area contributed by atoms with Gasteiger partial charge in [0.25, 0.3) is 5.91 Å². The average Bonchev–Trinajstić information content (AvgIpc) is 3.21. The Morgan fingerprint density at radius 1 is 1.39 bits per heavy atom. The number of aromatic nitrogens is 2. The van der Waals surface area contributed by atoms with E-state index >= 15 is 0 Å². The summed E-state index contributed by atoms with van der Waals surface area (Å²) in [5.41, 5.74) is -0.590. The number of imide groups is 1. The average molecular weight is 419 g/mol. The van der Waals surface area contributed by atoms with Crippen LogP contribution in [0, 0.1) is 0 Å². The van der Waals surface area contributed by atoms with Gasteiger partial charge in [-0.2, -0.15) is 0 Å². The standard InChI is InChI=1S/C17H17N5O4S2/c1-2-27-16-21-20-14(28-16)18-12(23)9-22-13(24)17(19-15(22)25)7-8-26-11-6-4-3-5-10(11)17/h3-6H,2,7-9H2,1H3,(H,19,25)(H,18,20,23). The molecule has 0 saturated carbocycles. The molecular formula is C17H17N5O4S2. The SMILES string of the molecule is CCSc1nnc(NC(=O)CN2C(=O)NC3(CCOc4ccccc43)C2=O)s1. The number of anilines is 1. The van der Waals surface area contributed by atoms with Crippen molar-refractivity contribution in [3.63, 3.8) is 0 Å². The number of nitrogens with one attached hydrogen (secondary N) is 2. The number of ether oxygens (including phenoxy) is 1. The van der Waals surface area contributed by atoms with Crippen molar-refractivity contribution in [2.75, 3.05) is 24.2 Å². The van der Waals surface area contributed by atoms with Gasteiger partial charge in [0.1, 0.15) is 12.3 Å². The molecule has 1 aromatic heterocycles. The molecule has 28 heavy (non-hydrogen) atoms. The first-order chi connectivity index (χ1) is 13.5. The molecule has 0 bridgehead atoms. The number of thioether (sulfide) groups is 1. The summed E-state index contributed by atoms with van der Waals surface area (Å²) < 4.78 is 6.34. The number of hydrogen-bond donors (Lipinski definition) is 2. The lowest BCUT2D eigenvalue weighted by molar-refractivity contribution is -0.135. The molecule has 2 aromatic rings. The minimum Gasteiger partial charge on any atom is -0.493 e. The Kier molecular flexibility index (Phi) is 4.94. The topological polar surface area (TPSA) is 114 Å². The molecule has 1 fully saturated rings. The zero-order chi connectivity index (χ0) is 19.7. The molecule has 1 aromatic carbocycles. The molecule has 4 amide bonds. The maximum atomic E-state index is 13.1. The van der Waals surface area contributed by atoms with Crippen LogP contribution in [0.5, 0.6) is 5.75 Å². The summed E-state index contributed by atoms with van der Waals surface area (Å²) >= 11 is 2.76. The van der Waals surface area contributed by atoms with Crippen LogP contribution in [-0.2, 0) is 15.1 Å². The lowest BCUT2D eigenvalue weighted by atomic mass is 9.84. The Morgan fingerprint density at radius 3 is 3.04 bits per heavy atom. The number of carbonyl (C=O) groups excluding carboxylic acids is 3. The van der Waals surface area contributed by atoms with Gasteiger partial charge in [-0.1, -0.05) is 48.2 Å². The van der Waals surface area contributed by atoms with Crippen LogP contribution in [0.1, 0.15) is 18.9 Å². The minimum absolute atomic E-state index is 0.297. The second-order valence-electron chi connectivity index (χ2n) is 6.18. The number of urea groups is 1. The van der Waals surface area contributed by atoms with Gasteiger partial charge in [-0.3, -0.25) is 19.8 Å². The summed E-state index contributed by atoms with van der Waals surface area (Å²) in [5, 5.41) is 13.5. The molecule has 0 radical (unpaired) electrons. The fourth-order valence-electron chi connectivity index (χ4n) is 3.26. The zero-order valence-corrected chi connectivity index (χ0v) is 16.6. The van der Waals surface area contributed by atoms with Crippen LogP contribution >= 0.6 is 23.1 Å². The van der Waals surface area contributed by atoms with E-state index in [-0.39, 0.29) is 0 Å². The first kappa shape index (κ1) is 18.7. The highest BCUT2D eigenvalue weighted by atomic mass is 32.2. The van der Waals surface area contributed by atoms with E-state index in [0.29, 0.717) is 29.5 Å². The van der Waals surface area contributed by atoms with Crippen molar-refractivity contribution in [2.24, 2.45) is 0 Å². The minimum atomic E-state index is -1.19. The highest BCUT2D eigenvalue weighted by Gasteiger charge is 2.55. The number of hydrogen-bond acceptors (Lipinski definition) is 8. The maximum absolute atomic E-state index is 13.1. The molecule has 1 spiro atoms. The number of benzene rings is 1. The fraction of sp³-hybridized carbons (Fsp3) is 0.353. The fourth-order valence-corrected chi connectivity index (χ4v) is 4.93. The molecule has 11 heteroatoms. The van der Waals surface area contributed by atoms with E-state index in [1.807, 2.05) is 6.92 Å². The van der Waals surface area contributed by atoms with Gasteiger partial charge in [-0.15, -0.1) is 10.2 Å². The van der Waals surface area contributed by atoms with Crippen LogP contribution in [0.25, 0.3) is 0 Å². The lowest BCUT2D eigenvalue weighted by Crippen LogP contribution is -2.48. The number of carbonyl (C=O) groups is 3. The first-order valence-corrected chi connectivity index (χ1v) is 10.5. The van der Waals surface area contributed by atoms with Crippen molar-refractivity contribution in [3.8, 4) is 5.75 Å². The van der Waals surface area contributed by atoms with Crippen LogP contribution in [0.2, 0.25) is 0 Å². The number of nitrogens with zero attached hydrogens (tertiary/aromatic N) is 3. The summed E-state index contributed by atoms with van der Waals surface area (Å²) in [4.78, 5) is 38.9. The molecule has 1 saturated heterocycles. The van der Waals surface area contributed by atoms with Crippen molar-refractivity contribution in [3.05, 3.63) is 29.8 Å². The number of para-hydroxylation sites is 1. The van der Waals surface area contributed by atoms with Gasteiger partial charge in [0, 0.05) is 12.0 Å². The molecule has 3 heterocycles. The zero-order valence-electron chi connectivity index (χ0n) is 14.9. The Morgan fingerprint density at radius 2 is 2.21 bits per heavy atom. The van der Waals surface area contributed by atoms with Crippen molar-refractivity contribution in [1.82, 2.24) is 20.4 Å². The quantitative estimate of drug-likeness (QED) is 0.432. The van der Waals surface area contributed by atoms with Gasteiger partial charge in [-0.05, 0) is 11.8 Å². The second-order valence-corrected chi connectivity index (χ2v) is 8.66. The van der Waals surface area contributed by atoms with Crippen LogP contribution in [0.3, 0.4) is 0 Å². The predicted molar refractivity (Wildman–Crippen MR) is 103 cm³/mol. The Labute approximate surface area is 168 Å². The summed E-state index contributed by atoms with van der Waals surface area (Å²) in [6, 6.07) is 6.50. The van der Waals surface area contributed by atoms with Crippen molar-refractivity contribution < 1.29 is 19.1 Å². The highest BCUT2D eigenvalue weighted by molar-refractivity contribution is 8.01. The molecule has 2 N–H and O–H groups in total. The summed E-state index contributed by atoms with van der Waals surface area (Å²) in [6.07, 6.45) is 0.306. The highest BCUT2D eigenvalue weighted by Crippen LogP contribution is 2.40. The Bertz CT molecular complexity index is 949. The Balaban J connectivity index is 1.50. The van der Waals surface area contributed by atoms with Crippen LogP contribution in [0.15, 0.2) is 28.6 Å². The van der Waals surface area contributed by atoms with Crippen molar-refractivity contribution in [1.29, 1.82) is 0 Å². The van der Waals surface area contributed by atoms with Crippen molar-refractivity contribution >= 4 is 46.1 Å². The van der Waals surface area contributed by atoms with E-state index in [4.69, 9.17) is 4.74 Å². The third kappa shape index (κ3) is 3.20. The molecule has 4 rings (SSSR count). The predicted octanol–water partition coefficient (Wildman–Crippen LogP) is 1.82. The summed E-state index contributed by atoms with van der Waals surface area (Å²) in [5.74, 6) is 0.440. The summed E-state index contributed by atoms with van der Waals surface area (Å²) in [7, 11) is 0. The summed E-state index contributed by atoms with van der Waals surface area (Å²) in [6.45, 7) is 1.89. The van der Waals surface area contributed by atoms with Gasteiger partial charge < -0.3 is 10.1 Å². The van der Waals surface area contributed by atoms with E-state index in [1.54, 1.807) is 24.3 Å². The van der Waals surface area contributed by atoms with E-state index in [1.165, 1.54) is 23.1 Å². The Hall–Kier alpha value is -2.66. The monoisotopic (exact) mass is 419 g/mol. The van der Waals surface area contributed by atoms with Gasteiger partial charge in [0.05, 0.1) is 6.61 Å². The van der Waals surface area contributed by atoms with Gasteiger partial charge in [0.15, 0.2) is 9.88 Å². The third-order valence-electron chi connectivity index (χ3n) is 4.48. The molecular weight excluding hydrogens is 402 g/mol. The maximum Gasteiger partial charge on any atom is 0.325 e. The molecule has 9 nitrogen and oxygen atoms in total. The number of fused-ring (bicyclic) bond motifs is 2. The first-order valence-electron chi connectivity index (χ1n) is 8.66. The van der Waals surface area contributed by atoms with Crippen molar-refractivity contribution in [2.45, 2.75) is 23.2 Å². The van der Waals surface area contributed by atoms with E-state index in [2.05, 4.69) is 20.8 Å². The molecule has 146 valence electrons. The molecule has 2 aliphatic rings. The number of amides is 4. The molecule has 1 unspecified atom stereocenters. The van der Waals surface area contributed by atoms with Crippen LogP contribution in [0.4, 0.5) is 9.93 Å². The van der Waals surface area contributed by atoms with E-state index in [0.717, 1.165) is 15.0 Å². The number of rotatable bonds is 5. The van der Waals surface area contributed by atoms with E-state index in [9.17, 15) is 14.4 Å². The largest absolute Gasteiger partial charge is 0.493 e. The normalized spacial score (nSPS) is 20.7. The third-order valence-corrected chi connectivity index (χ3v) is 6.33. The van der Waals surface area contributed by atoms with Crippen LogP contribution in [-0.4, -0.2) is 51.8 Å². The molecule has 1 atom stereocenters. The van der Waals surface area contributed by atoms with Gasteiger partial charge in [0.2, 0.25) is 11.0 Å². The van der Waals surface area contributed by atoms with Crippen LogP contribution < -0.4 is 15.4 Å². The molecule has 2 aliphatic heterocycles. The van der Waals surface area contributed by atoms with Gasteiger partial charge in [-0.25, -0.2) is 4.79 Å². The smallest absolute Gasteiger partial charge is 0.325 e. The second kappa shape index (κ2) is 7.40. The lowest BCUT2D eigenvalue weighted by Gasteiger charge is -2.33. The van der Waals surface area contributed by atoms with E-state index < -0.39 is 29.9 Å².